The third kappa shape index (κ3) is 7.64. The largest absolute Gasteiger partial charge is 0.384 e. The van der Waals surface area contributed by atoms with Crippen molar-refractivity contribution in [1.29, 1.82) is 0 Å². The van der Waals surface area contributed by atoms with Crippen molar-refractivity contribution in [1.82, 2.24) is 5.32 Å². The number of rotatable bonds is 5. The molecular weight excluding hydrogens is 146 g/mol. The molecule has 0 saturated heterocycles. The first-order valence-electron chi connectivity index (χ1n) is 4.91. The molecule has 0 unspecified atom stereocenters. The van der Waals surface area contributed by atoms with Gasteiger partial charge in [-0.2, -0.15) is 0 Å². The van der Waals surface area contributed by atoms with E-state index in [9.17, 15) is 0 Å². The molecule has 1 N–H and O–H groups in total. The van der Waals surface area contributed by atoms with Crippen LogP contribution in [0.1, 0.15) is 53.4 Å². The minimum atomic E-state index is 0.170. The fourth-order valence-electron chi connectivity index (χ4n) is 1.18. The fraction of sp³-hybridized carbons (Fsp3) is 0.818. The summed E-state index contributed by atoms with van der Waals surface area (Å²) in [6.45, 7) is 12.7. The third-order valence-electron chi connectivity index (χ3n) is 1.63. The van der Waals surface area contributed by atoms with Crippen molar-refractivity contribution in [3.8, 4) is 0 Å². The van der Waals surface area contributed by atoms with Crippen molar-refractivity contribution in [3.05, 3.63) is 12.3 Å². The SMILES string of the molecule is C=C(CCCCC)NC(C)(C)C. The van der Waals surface area contributed by atoms with Gasteiger partial charge >= 0.3 is 0 Å². The van der Waals surface area contributed by atoms with Crippen LogP contribution in [-0.4, -0.2) is 5.54 Å². The van der Waals surface area contributed by atoms with Gasteiger partial charge in [0, 0.05) is 11.2 Å². The summed E-state index contributed by atoms with van der Waals surface area (Å²) in [4.78, 5) is 0. The van der Waals surface area contributed by atoms with Gasteiger partial charge in [0.2, 0.25) is 0 Å². The van der Waals surface area contributed by atoms with Gasteiger partial charge in [0.15, 0.2) is 0 Å². The van der Waals surface area contributed by atoms with Crippen LogP contribution in [0.4, 0.5) is 0 Å². The summed E-state index contributed by atoms with van der Waals surface area (Å²) in [5, 5.41) is 3.38. The number of allylic oxidation sites excluding steroid dienone is 1. The van der Waals surface area contributed by atoms with Crippen molar-refractivity contribution in [2.24, 2.45) is 0 Å². The highest BCUT2D eigenvalue weighted by molar-refractivity contribution is 4.95. The van der Waals surface area contributed by atoms with Gasteiger partial charge < -0.3 is 5.32 Å². The molecule has 0 aliphatic rings. The maximum atomic E-state index is 4.00. The van der Waals surface area contributed by atoms with Crippen LogP contribution in [0.2, 0.25) is 0 Å². The van der Waals surface area contributed by atoms with E-state index in [1.165, 1.54) is 25.0 Å². The van der Waals surface area contributed by atoms with Gasteiger partial charge in [-0.1, -0.05) is 26.3 Å². The fourth-order valence-corrected chi connectivity index (χ4v) is 1.18. The van der Waals surface area contributed by atoms with E-state index in [2.05, 4.69) is 39.6 Å². The summed E-state index contributed by atoms with van der Waals surface area (Å²) >= 11 is 0. The lowest BCUT2D eigenvalue weighted by Crippen LogP contribution is -2.34. The highest BCUT2D eigenvalue weighted by atomic mass is 15.0. The Hall–Kier alpha value is -0.460. The number of hydrogen-bond acceptors (Lipinski definition) is 1. The highest BCUT2D eigenvalue weighted by Gasteiger charge is 2.08. The van der Waals surface area contributed by atoms with E-state index in [4.69, 9.17) is 0 Å². The summed E-state index contributed by atoms with van der Waals surface area (Å²) in [5.41, 5.74) is 1.35. The third-order valence-corrected chi connectivity index (χ3v) is 1.63. The molecule has 0 saturated carbocycles. The Labute approximate surface area is 77.2 Å². The molecule has 12 heavy (non-hydrogen) atoms. The van der Waals surface area contributed by atoms with E-state index in [1.807, 2.05) is 0 Å². The van der Waals surface area contributed by atoms with E-state index < -0.39 is 0 Å². The Morgan fingerprint density at radius 3 is 2.25 bits per heavy atom. The number of nitrogens with one attached hydrogen (secondary N) is 1. The molecule has 72 valence electrons. The Balaban J connectivity index is 3.47. The van der Waals surface area contributed by atoms with Gasteiger partial charge in [0.1, 0.15) is 0 Å². The van der Waals surface area contributed by atoms with Crippen LogP contribution < -0.4 is 5.32 Å². The molecule has 0 spiro atoms. The zero-order valence-electron chi connectivity index (χ0n) is 9.04. The predicted molar refractivity (Wildman–Crippen MR) is 56.2 cm³/mol. The van der Waals surface area contributed by atoms with Crippen molar-refractivity contribution in [2.75, 3.05) is 0 Å². The molecule has 0 fully saturated rings. The van der Waals surface area contributed by atoms with Crippen molar-refractivity contribution < 1.29 is 0 Å². The predicted octanol–water partition coefficient (Wildman–Crippen LogP) is 3.47. The molecule has 0 atom stereocenters. The highest BCUT2D eigenvalue weighted by Crippen LogP contribution is 2.09. The Morgan fingerprint density at radius 1 is 1.25 bits per heavy atom. The summed E-state index contributed by atoms with van der Waals surface area (Å²) in [7, 11) is 0. The van der Waals surface area contributed by atoms with Crippen molar-refractivity contribution in [3.63, 3.8) is 0 Å². The zero-order chi connectivity index (χ0) is 9.61. The van der Waals surface area contributed by atoms with Gasteiger partial charge in [-0.3, -0.25) is 0 Å². The van der Waals surface area contributed by atoms with E-state index in [0.717, 1.165) is 6.42 Å². The molecule has 0 amide bonds. The average molecular weight is 169 g/mol. The Morgan fingerprint density at radius 2 is 1.83 bits per heavy atom. The van der Waals surface area contributed by atoms with Crippen LogP contribution in [0.25, 0.3) is 0 Å². The second-order valence-electron chi connectivity index (χ2n) is 4.44. The maximum Gasteiger partial charge on any atom is 0.0286 e. The summed E-state index contributed by atoms with van der Waals surface area (Å²) in [6, 6.07) is 0. The van der Waals surface area contributed by atoms with Crippen LogP contribution in [0.3, 0.4) is 0 Å². The van der Waals surface area contributed by atoms with Gasteiger partial charge in [-0.15, -0.1) is 0 Å². The molecule has 0 rings (SSSR count). The topological polar surface area (TPSA) is 12.0 Å². The first kappa shape index (κ1) is 11.5. The van der Waals surface area contributed by atoms with Crippen LogP contribution in [-0.2, 0) is 0 Å². The number of hydrogen-bond donors (Lipinski definition) is 1. The van der Waals surface area contributed by atoms with Gasteiger partial charge in [0.05, 0.1) is 0 Å². The van der Waals surface area contributed by atoms with Crippen LogP contribution in [0, 0.1) is 0 Å². The lowest BCUT2D eigenvalue weighted by Gasteiger charge is -2.23. The van der Waals surface area contributed by atoms with E-state index in [-0.39, 0.29) is 5.54 Å². The Kier molecular flexibility index (Phi) is 5.03. The number of unbranched alkanes of at least 4 members (excludes halogenated alkanes) is 2. The van der Waals surface area contributed by atoms with E-state index in [0.29, 0.717) is 0 Å². The summed E-state index contributed by atoms with van der Waals surface area (Å²) in [6.07, 6.45) is 4.97. The minimum Gasteiger partial charge on any atom is -0.384 e. The summed E-state index contributed by atoms with van der Waals surface area (Å²) in [5.74, 6) is 0. The van der Waals surface area contributed by atoms with Crippen LogP contribution in [0.5, 0.6) is 0 Å². The lowest BCUT2D eigenvalue weighted by atomic mass is 10.1. The Bertz CT molecular complexity index is 130. The molecular formula is C11H23N. The standard InChI is InChI=1S/C11H23N/c1-6-7-8-9-10(2)12-11(3,4)5/h12H,2,6-9H2,1,3-5H3. The molecule has 0 radical (unpaired) electrons. The monoisotopic (exact) mass is 169 g/mol. The van der Waals surface area contributed by atoms with Gasteiger partial charge in [0.25, 0.3) is 0 Å². The van der Waals surface area contributed by atoms with E-state index >= 15 is 0 Å². The van der Waals surface area contributed by atoms with Gasteiger partial charge in [-0.05, 0) is 33.6 Å². The second-order valence-corrected chi connectivity index (χ2v) is 4.44. The maximum absolute atomic E-state index is 4.00. The molecule has 0 bridgehead atoms. The normalized spacial score (nSPS) is 11.3. The lowest BCUT2D eigenvalue weighted by molar-refractivity contribution is 0.460. The molecule has 0 aromatic carbocycles. The van der Waals surface area contributed by atoms with E-state index in [1.54, 1.807) is 0 Å². The minimum absolute atomic E-state index is 0.170. The first-order chi connectivity index (χ1) is 5.45. The molecule has 0 aromatic rings. The molecule has 1 heteroatoms. The van der Waals surface area contributed by atoms with Crippen LogP contribution >= 0.6 is 0 Å². The molecule has 0 aromatic heterocycles. The average Bonchev–Trinajstić information content (AvgIpc) is 1.84. The van der Waals surface area contributed by atoms with Crippen molar-refractivity contribution >= 4 is 0 Å². The molecule has 0 aliphatic heterocycles. The molecule has 0 aliphatic carbocycles. The quantitative estimate of drug-likeness (QED) is 0.621. The van der Waals surface area contributed by atoms with Crippen LogP contribution in [0.15, 0.2) is 12.3 Å². The van der Waals surface area contributed by atoms with Crippen molar-refractivity contribution in [2.45, 2.75) is 58.9 Å². The van der Waals surface area contributed by atoms with Gasteiger partial charge in [-0.25, -0.2) is 0 Å². The second kappa shape index (κ2) is 5.23. The molecule has 1 nitrogen and oxygen atoms in total. The first-order valence-corrected chi connectivity index (χ1v) is 4.91. The molecule has 0 heterocycles. The smallest absolute Gasteiger partial charge is 0.0286 e. The zero-order valence-corrected chi connectivity index (χ0v) is 9.04. The summed E-state index contributed by atoms with van der Waals surface area (Å²) < 4.78 is 0.